The molecule has 1 atom stereocenters. The van der Waals surface area contributed by atoms with Gasteiger partial charge >= 0.3 is 0 Å². The van der Waals surface area contributed by atoms with Crippen LogP contribution in [0, 0.1) is 0 Å². The molecule has 0 radical (unpaired) electrons. The topological polar surface area (TPSA) is 9.23 Å². The molecule has 0 aliphatic carbocycles. The summed E-state index contributed by atoms with van der Waals surface area (Å²) in [5.41, 5.74) is 1.23. The molecule has 0 amide bonds. The zero-order chi connectivity index (χ0) is 5.98. The molecule has 1 heterocycles. The Morgan fingerprint density at radius 1 is 1.75 bits per heavy atom. The van der Waals surface area contributed by atoms with E-state index in [4.69, 9.17) is 4.74 Å². The standard InChI is InChI=1S/C6H7BrO/c1-5-2-3-8-6(7)4-5/h2-4,6H,1H3. The highest BCUT2D eigenvalue weighted by Crippen LogP contribution is 2.12. The largest absolute Gasteiger partial charge is 0.483 e. The van der Waals surface area contributed by atoms with Crippen LogP contribution in [-0.4, -0.2) is 5.01 Å². The number of ether oxygens (including phenoxy) is 1. The number of alkyl halides is 1. The summed E-state index contributed by atoms with van der Waals surface area (Å²) in [5.74, 6) is 0. The fourth-order valence-corrected chi connectivity index (χ4v) is 1.06. The predicted molar refractivity (Wildman–Crippen MR) is 36.7 cm³/mol. The van der Waals surface area contributed by atoms with Gasteiger partial charge in [0.25, 0.3) is 0 Å². The van der Waals surface area contributed by atoms with Gasteiger partial charge in [-0.25, -0.2) is 0 Å². The average Bonchev–Trinajstić information content (AvgIpc) is 1.64. The maximum atomic E-state index is 5.01. The van der Waals surface area contributed by atoms with Crippen LogP contribution in [0.3, 0.4) is 0 Å². The Hall–Kier alpha value is -0.240. The lowest BCUT2D eigenvalue weighted by molar-refractivity contribution is 0.261. The zero-order valence-electron chi connectivity index (χ0n) is 4.60. The molecule has 0 spiro atoms. The first kappa shape index (κ1) is 5.89. The lowest BCUT2D eigenvalue weighted by Crippen LogP contribution is -1.98. The Labute approximate surface area is 57.2 Å². The Morgan fingerprint density at radius 3 is 2.88 bits per heavy atom. The molecule has 0 aromatic rings. The van der Waals surface area contributed by atoms with Gasteiger partial charge in [0, 0.05) is 0 Å². The zero-order valence-corrected chi connectivity index (χ0v) is 6.18. The van der Waals surface area contributed by atoms with Crippen LogP contribution in [-0.2, 0) is 4.74 Å². The molecule has 1 aliphatic heterocycles. The minimum atomic E-state index is 0.0764. The van der Waals surface area contributed by atoms with Crippen LogP contribution >= 0.6 is 15.9 Å². The fraction of sp³-hybridized carbons (Fsp3) is 0.333. The van der Waals surface area contributed by atoms with Crippen molar-refractivity contribution in [2.75, 3.05) is 0 Å². The summed E-state index contributed by atoms with van der Waals surface area (Å²) in [5, 5.41) is 0.0764. The number of hydrogen-bond acceptors (Lipinski definition) is 1. The molecule has 0 aromatic heterocycles. The van der Waals surface area contributed by atoms with Crippen molar-refractivity contribution in [3.05, 3.63) is 24.0 Å². The predicted octanol–water partition coefficient (Wildman–Crippen LogP) is 2.20. The van der Waals surface area contributed by atoms with E-state index in [0.29, 0.717) is 0 Å². The van der Waals surface area contributed by atoms with E-state index in [1.54, 1.807) is 6.26 Å². The van der Waals surface area contributed by atoms with Crippen LogP contribution in [0.15, 0.2) is 24.0 Å². The summed E-state index contributed by atoms with van der Waals surface area (Å²) in [6, 6.07) is 0. The molecule has 0 fully saturated rings. The second-order valence-corrected chi connectivity index (χ2v) is 2.60. The summed E-state index contributed by atoms with van der Waals surface area (Å²) in [6.07, 6.45) is 5.62. The highest BCUT2D eigenvalue weighted by molar-refractivity contribution is 9.09. The number of allylic oxidation sites excluding steroid dienone is 2. The van der Waals surface area contributed by atoms with Crippen LogP contribution < -0.4 is 0 Å². The normalized spacial score (nSPS) is 26.8. The molecule has 0 bridgehead atoms. The van der Waals surface area contributed by atoms with Gasteiger partial charge in [-0.3, -0.25) is 0 Å². The Kier molecular flexibility index (Phi) is 1.73. The summed E-state index contributed by atoms with van der Waals surface area (Å²) in [6.45, 7) is 2.04. The molecule has 1 nitrogen and oxygen atoms in total. The molecule has 2 heteroatoms. The van der Waals surface area contributed by atoms with E-state index in [-0.39, 0.29) is 5.01 Å². The highest BCUT2D eigenvalue weighted by Gasteiger charge is 2.00. The van der Waals surface area contributed by atoms with E-state index < -0.39 is 0 Å². The minimum absolute atomic E-state index is 0.0764. The molecular weight excluding hydrogens is 168 g/mol. The Morgan fingerprint density at radius 2 is 2.50 bits per heavy atom. The minimum Gasteiger partial charge on any atom is -0.483 e. The third-order valence-corrected chi connectivity index (χ3v) is 1.41. The first-order valence-electron chi connectivity index (χ1n) is 2.43. The van der Waals surface area contributed by atoms with Crippen molar-refractivity contribution in [3.8, 4) is 0 Å². The summed E-state index contributed by atoms with van der Waals surface area (Å²) in [4.78, 5) is 0. The summed E-state index contributed by atoms with van der Waals surface area (Å²) in [7, 11) is 0. The van der Waals surface area contributed by atoms with Crippen LogP contribution in [0.5, 0.6) is 0 Å². The summed E-state index contributed by atoms with van der Waals surface area (Å²) < 4.78 is 5.01. The Balaban J connectivity index is 2.63. The number of rotatable bonds is 0. The molecule has 1 unspecified atom stereocenters. The molecule has 1 rings (SSSR count). The van der Waals surface area contributed by atoms with Crippen molar-refractivity contribution in [3.63, 3.8) is 0 Å². The maximum Gasteiger partial charge on any atom is 0.171 e. The van der Waals surface area contributed by atoms with Crippen molar-refractivity contribution in [1.82, 2.24) is 0 Å². The lowest BCUT2D eigenvalue weighted by Gasteiger charge is -2.08. The smallest absolute Gasteiger partial charge is 0.171 e. The van der Waals surface area contributed by atoms with E-state index in [1.807, 2.05) is 19.1 Å². The first-order chi connectivity index (χ1) is 3.79. The van der Waals surface area contributed by atoms with Gasteiger partial charge < -0.3 is 4.74 Å². The van der Waals surface area contributed by atoms with Gasteiger partial charge in [0.2, 0.25) is 0 Å². The second-order valence-electron chi connectivity index (χ2n) is 1.70. The number of hydrogen-bond donors (Lipinski definition) is 0. The summed E-state index contributed by atoms with van der Waals surface area (Å²) >= 11 is 3.28. The maximum absolute atomic E-state index is 5.01. The Bertz CT molecular complexity index is 137. The van der Waals surface area contributed by atoms with E-state index in [9.17, 15) is 0 Å². The fourth-order valence-electron chi connectivity index (χ4n) is 0.523. The molecule has 0 N–H and O–H groups in total. The van der Waals surface area contributed by atoms with Gasteiger partial charge in [0.15, 0.2) is 5.01 Å². The van der Waals surface area contributed by atoms with Crippen LogP contribution in [0.4, 0.5) is 0 Å². The second kappa shape index (κ2) is 2.35. The van der Waals surface area contributed by atoms with Crippen molar-refractivity contribution in [1.29, 1.82) is 0 Å². The molecule has 8 heavy (non-hydrogen) atoms. The number of halogens is 1. The molecule has 0 saturated carbocycles. The lowest BCUT2D eigenvalue weighted by atomic mass is 10.3. The van der Waals surface area contributed by atoms with Gasteiger partial charge in [0.1, 0.15) is 0 Å². The van der Waals surface area contributed by atoms with E-state index in [0.717, 1.165) is 0 Å². The van der Waals surface area contributed by atoms with Crippen molar-refractivity contribution in [2.24, 2.45) is 0 Å². The first-order valence-corrected chi connectivity index (χ1v) is 3.35. The third kappa shape index (κ3) is 1.37. The molecule has 0 aromatic carbocycles. The molecule has 0 saturated heterocycles. The van der Waals surface area contributed by atoms with E-state index in [1.165, 1.54) is 5.57 Å². The van der Waals surface area contributed by atoms with Crippen LogP contribution in [0.1, 0.15) is 6.92 Å². The van der Waals surface area contributed by atoms with Gasteiger partial charge in [-0.05, 0) is 40.6 Å². The van der Waals surface area contributed by atoms with Gasteiger partial charge in [0.05, 0.1) is 6.26 Å². The van der Waals surface area contributed by atoms with Crippen molar-refractivity contribution in [2.45, 2.75) is 11.9 Å². The van der Waals surface area contributed by atoms with Crippen LogP contribution in [0.25, 0.3) is 0 Å². The monoisotopic (exact) mass is 174 g/mol. The molecular formula is C6H7BrO. The average molecular weight is 175 g/mol. The van der Waals surface area contributed by atoms with E-state index >= 15 is 0 Å². The SMILES string of the molecule is CC1=CC(Br)OC=C1. The highest BCUT2D eigenvalue weighted by atomic mass is 79.9. The molecule has 1 aliphatic rings. The van der Waals surface area contributed by atoms with Gasteiger partial charge in [-0.15, -0.1) is 0 Å². The van der Waals surface area contributed by atoms with Crippen molar-refractivity contribution >= 4 is 15.9 Å². The molecule has 44 valence electrons. The van der Waals surface area contributed by atoms with Gasteiger partial charge in [-0.2, -0.15) is 0 Å². The quantitative estimate of drug-likeness (QED) is 0.512. The van der Waals surface area contributed by atoms with Gasteiger partial charge in [-0.1, -0.05) is 0 Å². The van der Waals surface area contributed by atoms with E-state index in [2.05, 4.69) is 15.9 Å². The third-order valence-electron chi connectivity index (χ3n) is 0.933. The van der Waals surface area contributed by atoms with Crippen LogP contribution in [0.2, 0.25) is 0 Å². The van der Waals surface area contributed by atoms with Crippen molar-refractivity contribution < 1.29 is 4.74 Å².